The fraction of sp³-hybridized carbons (Fsp3) is 0.190. The van der Waals surface area contributed by atoms with Crippen LogP contribution in [0.3, 0.4) is 0 Å². The number of benzene rings is 1. The van der Waals surface area contributed by atoms with Gasteiger partial charge in [-0.15, -0.1) is 0 Å². The van der Waals surface area contributed by atoms with Crippen molar-refractivity contribution >= 4 is 10.9 Å². The van der Waals surface area contributed by atoms with Gasteiger partial charge in [0.15, 0.2) is 0 Å². The number of methoxy groups -OCH3 is 1. The van der Waals surface area contributed by atoms with Gasteiger partial charge in [0.2, 0.25) is 5.88 Å². The van der Waals surface area contributed by atoms with E-state index in [1.807, 2.05) is 18.3 Å². The second kappa shape index (κ2) is 7.45. The monoisotopic (exact) mass is 346 g/mol. The van der Waals surface area contributed by atoms with Gasteiger partial charge in [0, 0.05) is 41.6 Å². The fourth-order valence-electron chi connectivity index (χ4n) is 3.23. The molecule has 0 unspecified atom stereocenters. The van der Waals surface area contributed by atoms with E-state index in [0.29, 0.717) is 5.88 Å². The normalized spacial score (nSPS) is 11.1. The SMILES string of the molecule is COc1ccc(-n2cccc2CNCCc2c[nH]c3ccccc23)cn1. The number of aromatic amines is 1. The Morgan fingerprint density at radius 2 is 2.04 bits per heavy atom. The van der Waals surface area contributed by atoms with E-state index >= 15 is 0 Å². The van der Waals surface area contributed by atoms with Crippen LogP contribution >= 0.6 is 0 Å². The third-order valence-corrected chi connectivity index (χ3v) is 4.59. The van der Waals surface area contributed by atoms with Gasteiger partial charge in [0.1, 0.15) is 0 Å². The fourth-order valence-corrected chi connectivity index (χ4v) is 3.23. The van der Waals surface area contributed by atoms with Gasteiger partial charge in [-0.3, -0.25) is 0 Å². The molecule has 3 heterocycles. The van der Waals surface area contributed by atoms with E-state index in [-0.39, 0.29) is 0 Å². The van der Waals surface area contributed by atoms with Gasteiger partial charge < -0.3 is 19.6 Å². The third kappa shape index (κ3) is 3.34. The van der Waals surface area contributed by atoms with Crippen molar-refractivity contribution in [3.8, 4) is 11.6 Å². The van der Waals surface area contributed by atoms with Crippen LogP contribution in [0.5, 0.6) is 5.88 Å². The van der Waals surface area contributed by atoms with Crippen molar-refractivity contribution in [3.63, 3.8) is 0 Å². The van der Waals surface area contributed by atoms with Gasteiger partial charge >= 0.3 is 0 Å². The summed E-state index contributed by atoms with van der Waals surface area (Å²) < 4.78 is 7.27. The molecule has 4 rings (SSSR count). The standard InChI is InChI=1S/C21H22N4O/c1-26-21-9-8-18(15-24-21)25-12-4-5-17(25)14-22-11-10-16-13-23-20-7-3-2-6-19(16)20/h2-9,12-13,15,22-23H,10-11,14H2,1H3. The molecule has 3 aromatic heterocycles. The molecule has 2 N–H and O–H groups in total. The molecule has 0 amide bonds. The van der Waals surface area contributed by atoms with Gasteiger partial charge in [0.25, 0.3) is 0 Å². The zero-order valence-electron chi connectivity index (χ0n) is 14.8. The predicted octanol–water partition coefficient (Wildman–Crippen LogP) is 3.69. The van der Waals surface area contributed by atoms with E-state index in [0.717, 1.165) is 25.2 Å². The van der Waals surface area contributed by atoms with Crippen LogP contribution < -0.4 is 10.1 Å². The highest BCUT2D eigenvalue weighted by Crippen LogP contribution is 2.18. The summed E-state index contributed by atoms with van der Waals surface area (Å²) in [5.74, 6) is 0.624. The number of hydrogen-bond acceptors (Lipinski definition) is 3. The summed E-state index contributed by atoms with van der Waals surface area (Å²) in [4.78, 5) is 7.62. The average molecular weight is 346 g/mol. The minimum absolute atomic E-state index is 0.624. The third-order valence-electron chi connectivity index (χ3n) is 4.59. The van der Waals surface area contributed by atoms with E-state index in [1.165, 1.54) is 22.2 Å². The Kier molecular flexibility index (Phi) is 4.71. The quantitative estimate of drug-likeness (QED) is 0.502. The first kappa shape index (κ1) is 16.4. The first-order chi connectivity index (χ1) is 12.8. The average Bonchev–Trinajstić information content (AvgIpc) is 3.32. The second-order valence-electron chi connectivity index (χ2n) is 6.21. The number of nitrogens with zero attached hydrogens (tertiary/aromatic N) is 2. The molecule has 0 saturated heterocycles. The summed E-state index contributed by atoms with van der Waals surface area (Å²) in [5, 5.41) is 4.85. The maximum Gasteiger partial charge on any atom is 0.213 e. The maximum atomic E-state index is 5.13. The van der Waals surface area contributed by atoms with E-state index in [1.54, 1.807) is 7.11 Å². The lowest BCUT2D eigenvalue weighted by Gasteiger charge is -2.10. The summed E-state index contributed by atoms with van der Waals surface area (Å²) in [7, 11) is 1.63. The van der Waals surface area contributed by atoms with E-state index in [2.05, 4.69) is 68.6 Å². The molecule has 5 heteroatoms. The second-order valence-corrected chi connectivity index (χ2v) is 6.21. The maximum absolute atomic E-state index is 5.13. The number of para-hydroxylation sites is 1. The van der Waals surface area contributed by atoms with Crippen molar-refractivity contribution in [1.82, 2.24) is 19.9 Å². The highest BCUT2D eigenvalue weighted by atomic mass is 16.5. The van der Waals surface area contributed by atoms with Gasteiger partial charge in [-0.1, -0.05) is 18.2 Å². The molecule has 0 aliphatic rings. The molecule has 0 aliphatic carbocycles. The Labute approximate surface area is 152 Å². The van der Waals surface area contributed by atoms with Crippen LogP contribution in [0.15, 0.2) is 67.1 Å². The van der Waals surface area contributed by atoms with Crippen LogP contribution in [0.1, 0.15) is 11.3 Å². The zero-order valence-corrected chi connectivity index (χ0v) is 14.8. The van der Waals surface area contributed by atoms with Crippen molar-refractivity contribution < 1.29 is 4.74 Å². The number of ether oxygens (including phenoxy) is 1. The lowest BCUT2D eigenvalue weighted by atomic mass is 10.1. The van der Waals surface area contributed by atoms with Crippen LogP contribution in [0, 0.1) is 0 Å². The first-order valence-electron chi connectivity index (χ1n) is 8.77. The van der Waals surface area contributed by atoms with Crippen molar-refractivity contribution in [2.45, 2.75) is 13.0 Å². The van der Waals surface area contributed by atoms with E-state index in [4.69, 9.17) is 4.74 Å². The van der Waals surface area contributed by atoms with Crippen LogP contribution in [0.4, 0.5) is 0 Å². The molecule has 1 aromatic carbocycles. The molecular formula is C21H22N4O. The number of nitrogens with one attached hydrogen (secondary N) is 2. The number of fused-ring (bicyclic) bond motifs is 1. The molecule has 0 atom stereocenters. The van der Waals surface area contributed by atoms with Crippen molar-refractivity contribution in [3.05, 3.63) is 78.4 Å². The molecule has 0 aliphatic heterocycles. The van der Waals surface area contributed by atoms with Gasteiger partial charge in [-0.05, 0) is 42.8 Å². The Hall–Kier alpha value is -3.05. The van der Waals surface area contributed by atoms with Gasteiger partial charge in [-0.25, -0.2) is 4.98 Å². The zero-order chi connectivity index (χ0) is 17.8. The number of pyridine rings is 1. The molecule has 0 radical (unpaired) electrons. The minimum atomic E-state index is 0.624. The van der Waals surface area contributed by atoms with Crippen LogP contribution in [0.25, 0.3) is 16.6 Å². The largest absolute Gasteiger partial charge is 0.481 e. The molecule has 4 aromatic rings. The van der Waals surface area contributed by atoms with E-state index in [9.17, 15) is 0 Å². The Balaban J connectivity index is 1.37. The molecule has 5 nitrogen and oxygen atoms in total. The molecule has 26 heavy (non-hydrogen) atoms. The molecule has 0 saturated carbocycles. The first-order valence-corrected chi connectivity index (χ1v) is 8.77. The topological polar surface area (TPSA) is 54.9 Å². The summed E-state index contributed by atoms with van der Waals surface area (Å²) in [6.45, 7) is 1.73. The molecule has 0 spiro atoms. The number of hydrogen-bond donors (Lipinski definition) is 2. The smallest absolute Gasteiger partial charge is 0.213 e. The lowest BCUT2D eigenvalue weighted by molar-refractivity contribution is 0.398. The van der Waals surface area contributed by atoms with Crippen LogP contribution in [-0.2, 0) is 13.0 Å². The van der Waals surface area contributed by atoms with Crippen LogP contribution in [-0.4, -0.2) is 28.2 Å². The predicted molar refractivity (Wildman–Crippen MR) is 104 cm³/mol. The Morgan fingerprint density at radius 3 is 2.88 bits per heavy atom. The number of H-pyrrole nitrogens is 1. The van der Waals surface area contributed by atoms with Gasteiger partial charge in [0.05, 0.1) is 19.0 Å². The highest BCUT2D eigenvalue weighted by molar-refractivity contribution is 5.83. The van der Waals surface area contributed by atoms with Crippen molar-refractivity contribution in [2.75, 3.05) is 13.7 Å². The Bertz CT molecular complexity index is 985. The molecule has 0 bridgehead atoms. The summed E-state index contributed by atoms with van der Waals surface area (Å²) in [6.07, 6.45) is 6.99. The van der Waals surface area contributed by atoms with Crippen molar-refractivity contribution in [2.24, 2.45) is 0 Å². The lowest BCUT2D eigenvalue weighted by Crippen LogP contribution is -2.18. The molecule has 0 fully saturated rings. The summed E-state index contributed by atoms with van der Waals surface area (Å²) >= 11 is 0. The minimum Gasteiger partial charge on any atom is -0.481 e. The van der Waals surface area contributed by atoms with E-state index < -0.39 is 0 Å². The molecule has 132 valence electrons. The Morgan fingerprint density at radius 1 is 1.12 bits per heavy atom. The number of aromatic nitrogens is 3. The van der Waals surface area contributed by atoms with Crippen molar-refractivity contribution in [1.29, 1.82) is 0 Å². The molecular weight excluding hydrogens is 324 g/mol. The van der Waals surface area contributed by atoms with Crippen LogP contribution in [0.2, 0.25) is 0 Å². The summed E-state index contributed by atoms with van der Waals surface area (Å²) in [6, 6.07) is 16.5. The van der Waals surface area contributed by atoms with Gasteiger partial charge in [-0.2, -0.15) is 0 Å². The number of rotatable bonds is 7. The highest BCUT2D eigenvalue weighted by Gasteiger charge is 2.05. The summed E-state index contributed by atoms with van der Waals surface area (Å²) in [5.41, 5.74) is 4.78.